The van der Waals surface area contributed by atoms with Gasteiger partial charge < -0.3 is 10.2 Å². The van der Waals surface area contributed by atoms with E-state index in [-0.39, 0.29) is 5.91 Å². The lowest BCUT2D eigenvalue weighted by molar-refractivity contribution is -0.115. The summed E-state index contributed by atoms with van der Waals surface area (Å²) < 4.78 is 0.863. The first kappa shape index (κ1) is 8.50. The third-order valence-electron chi connectivity index (χ3n) is 1.85. The van der Waals surface area contributed by atoms with Crippen molar-refractivity contribution in [3.63, 3.8) is 0 Å². The molecule has 4 nitrogen and oxygen atoms in total. The molecule has 0 aromatic carbocycles. The Morgan fingerprint density at radius 2 is 2.46 bits per heavy atom. The molecule has 0 bridgehead atoms. The maximum absolute atomic E-state index is 11.2. The van der Waals surface area contributed by atoms with E-state index in [1.54, 1.807) is 6.20 Å². The van der Waals surface area contributed by atoms with Crippen LogP contribution in [0.4, 0.5) is 11.5 Å². The van der Waals surface area contributed by atoms with Gasteiger partial charge in [-0.2, -0.15) is 0 Å². The van der Waals surface area contributed by atoms with Gasteiger partial charge in [-0.1, -0.05) is 0 Å². The Morgan fingerprint density at radius 3 is 3.23 bits per heavy atom. The Bertz CT molecular complexity index is 366. The summed E-state index contributed by atoms with van der Waals surface area (Å²) in [7, 11) is 1.85. The minimum absolute atomic E-state index is 0.00472. The molecule has 1 aromatic heterocycles. The van der Waals surface area contributed by atoms with Crippen LogP contribution in [0.3, 0.4) is 0 Å². The summed E-state index contributed by atoms with van der Waals surface area (Å²) >= 11 is 3.30. The predicted octanol–water partition coefficient (Wildman–Crippen LogP) is 1.23. The van der Waals surface area contributed by atoms with Crippen LogP contribution in [0.2, 0.25) is 0 Å². The molecule has 0 saturated heterocycles. The van der Waals surface area contributed by atoms with Crippen molar-refractivity contribution in [1.29, 1.82) is 0 Å². The van der Waals surface area contributed by atoms with Crippen LogP contribution in [0.5, 0.6) is 0 Å². The molecule has 1 amide bonds. The van der Waals surface area contributed by atoms with Crippen LogP contribution in [0, 0.1) is 0 Å². The molecule has 0 aliphatic carbocycles. The lowest BCUT2D eigenvalue weighted by Gasteiger charge is -2.25. The molecule has 68 valence electrons. The number of halogens is 1. The minimum Gasteiger partial charge on any atom is -0.349 e. The number of rotatable bonds is 0. The van der Waals surface area contributed by atoms with Gasteiger partial charge >= 0.3 is 0 Å². The van der Waals surface area contributed by atoms with Crippen molar-refractivity contribution in [3.8, 4) is 0 Å². The van der Waals surface area contributed by atoms with Gasteiger partial charge in [-0.3, -0.25) is 4.79 Å². The quantitative estimate of drug-likeness (QED) is 0.744. The number of likely N-dealkylation sites (N-methyl/N-ethyl adjacent to an activating group) is 1. The summed E-state index contributed by atoms with van der Waals surface area (Å²) in [6, 6.07) is 1.84. The number of fused-ring (bicyclic) bond motifs is 1. The highest BCUT2D eigenvalue weighted by atomic mass is 79.9. The maximum Gasteiger partial charge on any atom is 0.244 e. The average molecular weight is 242 g/mol. The Balaban J connectivity index is 2.49. The Kier molecular flexibility index (Phi) is 1.95. The van der Waals surface area contributed by atoms with Gasteiger partial charge in [0, 0.05) is 17.7 Å². The fourth-order valence-electron chi connectivity index (χ4n) is 1.31. The SMILES string of the molecule is CN1CC(=O)Nc2cc(Br)cnc21. The van der Waals surface area contributed by atoms with E-state index in [2.05, 4.69) is 26.2 Å². The average Bonchev–Trinajstić information content (AvgIpc) is 2.02. The third-order valence-corrected chi connectivity index (χ3v) is 2.28. The van der Waals surface area contributed by atoms with Gasteiger partial charge in [0.05, 0.1) is 12.2 Å². The molecule has 2 rings (SSSR count). The summed E-state index contributed by atoms with van der Waals surface area (Å²) in [5.41, 5.74) is 0.758. The Hall–Kier alpha value is -1.10. The van der Waals surface area contributed by atoms with Gasteiger partial charge in [-0.05, 0) is 22.0 Å². The molecule has 0 unspecified atom stereocenters. The van der Waals surface area contributed by atoms with Crippen LogP contribution >= 0.6 is 15.9 Å². The summed E-state index contributed by atoms with van der Waals surface area (Å²) in [5.74, 6) is 0.803. The zero-order chi connectivity index (χ0) is 9.42. The Morgan fingerprint density at radius 1 is 1.69 bits per heavy atom. The fourth-order valence-corrected chi connectivity index (χ4v) is 1.64. The first-order chi connectivity index (χ1) is 6.16. The topological polar surface area (TPSA) is 45.2 Å². The molecule has 1 aliphatic heterocycles. The van der Waals surface area contributed by atoms with Crippen molar-refractivity contribution in [1.82, 2.24) is 4.98 Å². The van der Waals surface area contributed by atoms with Crippen LogP contribution in [-0.2, 0) is 4.79 Å². The van der Waals surface area contributed by atoms with E-state index in [0.29, 0.717) is 6.54 Å². The molecule has 0 saturated carbocycles. The molecule has 1 aromatic rings. The minimum atomic E-state index is -0.00472. The number of amides is 1. The van der Waals surface area contributed by atoms with Crippen molar-refractivity contribution in [3.05, 3.63) is 16.7 Å². The van der Waals surface area contributed by atoms with E-state index in [9.17, 15) is 4.79 Å². The van der Waals surface area contributed by atoms with Crippen molar-refractivity contribution < 1.29 is 4.79 Å². The number of nitrogens with one attached hydrogen (secondary N) is 1. The number of hydrogen-bond acceptors (Lipinski definition) is 3. The van der Waals surface area contributed by atoms with Gasteiger partial charge in [0.15, 0.2) is 5.82 Å². The van der Waals surface area contributed by atoms with Crippen LogP contribution < -0.4 is 10.2 Å². The number of hydrogen-bond donors (Lipinski definition) is 1. The summed E-state index contributed by atoms with van der Waals surface area (Å²) in [6.45, 7) is 0.363. The van der Waals surface area contributed by atoms with E-state index in [1.165, 1.54) is 0 Å². The highest BCUT2D eigenvalue weighted by Crippen LogP contribution is 2.28. The fraction of sp³-hybridized carbons (Fsp3) is 0.250. The number of carbonyl (C=O) groups is 1. The second-order valence-electron chi connectivity index (χ2n) is 2.93. The molecule has 0 fully saturated rings. The highest BCUT2D eigenvalue weighted by Gasteiger charge is 2.19. The molecule has 0 atom stereocenters. The van der Waals surface area contributed by atoms with Crippen LogP contribution in [0.25, 0.3) is 0 Å². The molecule has 0 radical (unpaired) electrons. The number of carbonyl (C=O) groups excluding carboxylic acids is 1. The van der Waals surface area contributed by atoms with Gasteiger partial charge in [0.25, 0.3) is 0 Å². The van der Waals surface area contributed by atoms with Crippen molar-refractivity contribution >= 4 is 33.3 Å². The van der Waals surface area contributed by atoms with E-state index in [4.69, 9.17) is 0 Å². The Labute approximate surface area is 84.1 Å². The van der Waals surface area contributed by atoms with Gasteiger partial charge in [0.2, 0.25) is 5.91 Å². The highest BCUT2D eigenvalue weighted by molar-refractivity contribution is 9.10. The maximum atomic E-state index is 11.2. The molecule has 1 N–H and O–H groups in total. The smallest absolute Gasteiger partial charge is 0.244 e. The zero-order valence-electron chi connectivity index (χ0n) is 7.04. The molecule has 5 heteroatoms. The van der Waals surface area contributed by atoms with E-state index >= 15 is 0 Å². The van der Waals surface area contributed by atoms with Crippen molar-refractivity contribution in [2.75, 3.05) is 23.8 Å². The first-order valence-corrected chi connectivity index (χ1v) is 4.62. The van der Waals surface area contributed by atoms with Crippen LogP contribution in [0.15, 0.2) is 16.7 Å². The van der Waals surface area contributed by atoms with Crippen LogP contribution in [-0.4, -0.2) is 24.5 Å². The lowest BCUT2D eigenvalue weighted by Crippen LogP contribution is -2.35. The number of anilines is 2. The number of pyridine rings is 1. The summed E-state index contributed by atoms with van der Waals surface area (Å²) in [4.78, 5) is 17.2. The van der Waals surface area contributed by atoms with E-state index < -0.39 is 0 Å². The third kappa shape index (κ3) is 1.51. The van der Waals surface area contributed by atoms with Crippen molar-refractivity contribution in [2.24, 2.45) is 0 Å². The van der Waals surface area contributed by atoms with E-state index in [1.807, 2.05) is 18.0 Å². The molecule has 2 heterocycles. The van der Waals surface area contributed by atoms with Crippen LogP contribution in [0.1, 0.15) is 0 Å². The molecule has 0 spiro atoms. The normalized spacial score (nSPS) is 15.2. The molecule has 1 aliphatic rings. The molecule has 13 heavy (non-hydrogen) atoms. The van der Waals surface area contributed by atoms with Gasteiger partial charge in [-0.25, -0.2) is 4.98 Å². The largest absolute Gasteiger partial charge is 0.349 e. The second kappa shape index (κ2) is 2.99. The van der Waals surface area contributed by atoms with Gasteiger partial charge in [0.1, 0.15) is 0 Å². The first-order valence-electron chi connectivity index (χ1n) is 3.83. The van der Waals surface area contributed by atoms with E-state index in [0.717, 1.165) is 16.0 Å². The molecular formula is C8H8BrN3O. The monoisotopic (exact) mass is 241 g/mol. The number of aromatic nitrogens is 1. The predicted molar refractivity (Wildman–Crippen MR) is 53.8 cm³/mol. The molecular weight excluding hydrogens is 234 g/mol. The summed E-state index contributed by atoms with van der Waals surface area (Å²) in [5, 5.41) is 2.76. The van der Waals surface area contributed by atoms with Gasteiger partial charge in [-0.15, -0.1) is 0 Å². The summed E-state index contributed by atoms with van der Waals surface area (Å²) in [6.07, 6.45) is 1.72. The van der Waals surface area contributed by atoms with Crippen molar-refractivity contribution in [2.45, 2.75) is 0 Å². The lowest BCUT2D eigenvalue weighted by atomic mass is 10.3. The zero-order valence-corrected chi connectivity index (χ0v) is 8.63. The number of nitrogens with zero attached hydrogens (tertiary/aromatic N) is 2. The standard InChI is InChI=1S/C8H8BrN3O/c1-12-4-7(13)11-6-2-5(9)3-10-8(6)12/h2-3H,4H2,1H3,(H,11,13). The second-order valence-corrected chi connectivity index (χ2v) is 3.84.